The zero-order chi connectivity index (χ0) is 25.4. The summed E-state index contributed by atoms with van der Waals surface area (Å²) in [5, 5.41) is 4.95. The third-order valence-corrected chi connectivity index (χ3v) is 7.99. The summed E-state index contributed by atoms with van der Waals surface area (Å²) < 4.78 is 21.3. The Labute approximate surface area is 215 Å². The highest BCUT2D eigenvalue weighted by atomic mass is 19.1. The zero-order valence-electron chi connectivity index (χ0n) is 20.9. The second kappa shape index (κ2) is 10.1. The lowest BCUT2D eigenvalue weighted by Crippen LogP contribution is -2.55. The number of halogens is 1. The Morgan fingerprint density at radius 1 is 1.16 bits per heavy atom. The average molecular weight is 502 g/mol. The minimum Gasteiger partial charge on any atom is -0.468 e. The first-order valence-corrected chi connectivity index (χ1v) is 13.0. The van der Waals surface area contributed by atoms with Gasteiger partial charge in [0, 0.05) is 54.0 Å². The predicted octanol–water partition coefficient (Wildman–Crippen LogP) is 4.53. The van der Waals surface area contributed by atoms with E-state index in [0.29, 0.717) is 6.42 Å². The fraction of sp³-hybridized carbons (Fsp3) is 0.379. The van der Waals surface area contributed by atoms with Crippen molar-refractivity contribution in [2.24, 2.45) is 0 Å². The Balaban J connectivity index is 1.35. The molecule has 0 unspecified atom stereocenters. The number of nitrogens with one attached hydrogen (secondary N) is 2. The number of carbonyl (C=O) groups is 1. The molecule has 4 heterocycles. The number of aromatic nitrogens is 3. The van der Waals surface area contributed by atoms with Crippen LogP contribution < -0.4 is 5.32 Å². The van der Waals surface area contributed by atoms with E-state index in [9.17, 15) is 9.18 Å². The maximum atomic E-state index is 13.8. The molecule has 2 N–H and O–H groups in total. The van der Waals surface area contributed by atoms with Crippen LogP contribution in [0.15, 0.2) is 67.3 Å². The summed E-state index contributed by atoms with van der Waals surface area (Å²) in [6, 6.07) is 14.8. The van der Waals surface area contributed by atoms with E-state index in [1.165, 1.54) is 35.9 Å². The van der Waals surface area contributed by atoms with Crippen LogP contribution in [0, 0.1) is 5.82 Å². The lowest BCUT2D eigenvalue weighted by Gasteiger charge is -2.50. The highest BCUT2D eigenvalue weighted by molar-refractivity contribution is 5.87. The SMILES string of the molecule is COC(=O)[C@@H]1Cc2c([nH]c3ccccc23)[C@H]2C[C@@H](NCCCn3ccnc3)C[C@@H](c3ccc(F)cc3)N21. The molecule has 2 aromatic heterocycles. The van der Waals surface area contributed by atoms with Gasteiger partial charge in [-0.2, -0.15) is 0 Å². The quantitative estimate of drug-likeness (QED) is 0.288. The Kier molecular flexibility index (Phi) is 6.52. The molecule has 2 aliphatic heterocycles. The van der Waals surface area contributed by atoms with Gasteiger partial charge in [-0.25, -0.2) is 9.37 Å². The molecule has 0 amide bonds. The van der Waals surface area contributed by atoms with Crippen LogP contribution in [0.5, 0.6) is 0 Å². The summed E-state index contributed by atoms with van der Waals surface area (Å²) in [6.07, 6.45) is 8.90. The summed E-state index contributed by atoms with van der Waals surface area (Å²) in [7, 11) is 1.46. The average Bonchev–Trinajstić information content (AvgIpc) is 3.58. The second-order valence-electron chi connectivity index (χ2n) is 10.1. The van der Waals surface area contributed by atoms with Gasteiger partial charge in [-0.3, -0.25) is 9.69 Å². The first-order chi connectivity index (χ1) is 18.1. The van der Waals surface area contributed by atoms with Crippen molar-refractivity contribution >= 4 is 16.9 Å². The summed E-state index contributed by atoms with van der Waals surface area (Å²) in [5.74, 6) is -0.480. The molecule has 4 atom stereocenters. The van der Waals surface area contributed by atoms with E-state index in [1.807, 2.05) is 36.8 Å². The third kappa shape index (κ3) is 4.55. The van der Waals surface area contributed by atoms with Gasteiger partial charge in [0.2, 0.25) is 0 Å². The number of para-hydroxylation sites is 1. The zero-order valence-corrected chi connectivity index (χ0v) is 20.9. The minimum atomic E-state index is -0.404. The summed E-state index contributed by atoms with van der Waals surface area (Å²) in [5.41, 5.74) is 4.49. The van der Waals surface area contributed by atoms with Gasteiger partial charge in [-0.05, 0) is 55.1 Å². The molecule has 0 saturated carbocycles. The summed E-state index contributed by atoms with van der Waals surface area (Å²) >= 11 is 0. The van der Waals surface area contributed by atoms with E-state index >= 15 is 0 Å². The molecule has 2 aromatic carbocycles. The van der Waals surface area contributed by atoms with Crippen LogP contribution in [0.25, 0.3) is 10.9 Å². The molecule has 7 nitrogen and oxygen atoms in total. The number of esters is 1. The van der Waals surface area contributed by atoms with Crippen LogP contribution in [-0.4, -0.2) is 51.1 Å². The van der Waals surface area contributed by atoms with Crippen molar-refractivity contribution in [2.75, 3.05) is 13.7 Å². The lowest BCUT2D eigenvalue weighted by molar-refractivity contribution is -0.152. The highest BCUT2D eigenvalue weighted by Gasteiger charge is 2.48. The molecule has 6 rings (SSSR count). The molecule has 4 aromatic rings. The van der Waals surface area contributed by atoms with Gasteiger partial charge < -0.3 is 19.6 Å². The van der Waals surface area contributed by atoms with E-state index in [1.54, 1.807) is 6.20 Å². The van der Waals surface area contributed by atoms with Crippen LogP contribution in [0.4, 0.5) is 4.39 Å². The number of imidazole rings is 1. The van der Waals surface area contributed by atoms with Gasteiger partial charge in [-0.1, -0.05) is 30.3 Å². The number of aryl methyl sites for hydroxylation is 1. The summed E-state index contributed by atoms with van der Waals surface area (Å²) in [6.45, 7) is 1.79. The number of ether oxygens (including phenoxy) is 1. The Bertz CT molecular complexity index is 1370. The van der Waals surface area contributed by atoms with Crippen molar-refractivity contribution in [3.8, 4) is 0 Å². The maximum absolute atomic E-state index is 13.8. The van der Waals surface area contributed by atoms with E-state index in [2.05, 4.69) is 36.9 Å². The van der Waals surface area contributed by atoms with Gasteiger partial charge in [0.15, 0.2) is 0 Å². The van der Waals surface area contributed by atoms with Crippen LogP contribution in [0.1, 0.15) is 48.2 Å². The molecular weight excluding hydrogens is 469 g/mol. The van der Waals surface area contributed by atoms with Crippen molar-refractivity contribution in [1.82, 2.24) is 24.8 Å². The number of benzene rings is 2. The van der Waals surface area contributed by atoms with Crippen LogP contribution in [0.3, 0.4) is 0 Å². The molecule has 0 radical (unpaired) electrons. The number of nitrogens with zero attached hydrogens (tertiary/aromatic N) is 3. The summed E-state index contributed by atoms with van der Waals surface area (Å²) in [4.78, 5) is 23.3. The number of carbonyl (C=O) groups excluding carboxylic acids is 1. The van der Waals surface area contributed by atoms with Gasteiger partial charge in [0.25, 0.3) is 0 Å². The number of hydrogen-bond acceptors (Lipinski definition) is 5. The van der Waals surface area contributed by atoms with Crippen LogP contribution in [0.2, 0.25) is 0 Å². The van der Waals surface area contributed by atoms with Gasteiger partial charge in [0.1, 0.15) is 11.9 Å². The number of rotatable bonds is 7. The lowest BCUT2D eigenvalue weighted by atomic mass is 9.79. The predicted molar refractivity (Wildman–Crippen MR) is 139 cm³/mol. The monoisotopic (exact) mass is 501 g/mol. The van der Waals surface area contributed by atoms with Crippen molar-refractivity contribution in [2.45, 2.75) is 56.4 Å². The van der Waals surface area contributed by atoms with Crippen molar-refractivity contribution in [3.05, 3.63) is 89.9 Å². The normalized spacial score (nSPS) is 23.5. The smallest absolute Gasteiger partial charge is 0.323 e. The molecule has 8 heteroatoms. The van der Waals surface area contributed by atoms with Gasteiger partial charge in [-0.15, -0.1) is 0 Å². The van der Waals surface area contributed by atoms with Gasteiger partial charge in [0.05, 0.1) is 19.5 Å². The molecule has 0 aliphatic carbocycles. The van der Waals surface area contributed by atoms with Crippen molar-refractivity contribution < 1.29 is 13.9 Å². The minimum absolute atomic E-state index is 0.00945. The molecule has 0 bridgehead atoms. The molecule has 1 saturated heterocycles. The third-order valence-electron chi connectivity index (χ3n) is 7.99. The molecular formula is C29H32FN5O2. The fourth-order valence-electron chi connectivity index (χ4n) is 6.31. The number of methoxy groups -OCH3 is 1. The van der Waals surface area contributed by atoms with E-state index < -0.39 is 6.04 Å². The molecule has 0 spiro atoms. The number of aromatic amines is 1. The van der Waals surface area contributed by atoms with Crippen molar-refractivity contribution in [3.63, 3.8) is 0 Å². The molecule has 1 fully saturated rings. The highest BCUT2D eigenvalue weighted by Crippen LogP contribution is 2.48. The topological polar surface area (TPSA) is 75.2 Å². The fourth-order valence-corrected chi connectivity index (χ4v) is 6.31. The van der Waals surface area contributed by atoms with Crippen LogP contribution in [-0.2, 0) is 22.5 Å². The Morgan fingerprint density at radius 2 is 1.97 bits per heavy atom. The first-order valence-electron chi connectivity index (χ1n) is 13.0. The van der Waals surface area contributed by atoms with E-state index in [0.717, 1.165) is 43.4 Å². The van der Waals surface area contributed by atoms with Gasteiger partial charge >= 0.3 is 5.97 Å². The van der Waals surface area contributed by atoms with Crippen molar-refractivity contribution in [1.29, 1.82) is 0 Å². The Morgan fingerprint density at radius 3 is 2.76 bits per heavy atom. The first kappa shape index (κ1) is 23.9. The molecule has 192 valence electrons. The number of fused-ring (bicyclic) bond motifs is 5. The second-order valence-corrected chi connectivity index (χ2v) is 10.1. The van der Waals surface area contributed by atoms with Crippen LogP contribution >= 0.6 is 0 Å². The number of H-pyrrole nitrogens is 1. The largest absolute Gasteiger partial charge is 0.468 e. The number of hydrogen-bond donors (Lipinski definition) is 2. The number of piperidine rings is 1. The maximum Gasteiger partial charge on any atom is 0.323 e. The Hall–Kier alpha value is -3.49. The van der Waals surface area contributed by atoms with E-state index in [-0.39, 0.29) is 29.9 Å². The standard InChI is InChI=1S/C29H32FN5O2/c1-37-29(36)27-17-23-22-5-2-3-6-24(22)33-28(23)26-16-21(32-11-4-13-34-14-12-31-18-34)15-25(35(26)27)19-7-9-20(30)10-8-19/h2-3,5-10,12,14,18,21,25-27,32-33H,4,11,13,15-17H2,1H3/t21-,25-,26+,27-/m0/s1. The van der Waals surface area contributed by atoms with E-state index in [4.69, 9.17) is 4.74 Å². The molecule has 2 aliphatic rings. The molecule has 37 heavy (non-hydrogen) atoms.